The Hall–Kier alpha value is -1.40. The van der Waals surface area contributed by atoms with E-state index in [1.807, 2.05) is 6.08 Å². The molecule has 128 valence electrons. The first-order valence-electron chi connectivity index (χ1n) is 8.54. The largest absolute Gasteiger partial charge is 0.469 e. The molecule has 0 aliphatic carbocycles. The molecule has 3 atom stereocenters. The maximum Gasteiger partial charge on any atom is 0.313 e. The summed E-state index contributed by atoms with van der Waals surface area (Å²) in [5, 5.41) is 0. The van der Waals surface area contributed by atoms with Crippen LogP contribution in [0.4, 0.5) is 0 Å². The third kappa shape index (κ3) is 3.58. The van der Waals surface area contributed by atoms with Crippen molar-refractivity contribution in [1.29, 1.82) is 0 Å². The number of aliphatic imine (C=N–C) groups is 1. The number of carbonyl (C=O) groups is 1. The minimum absolute atomic E-state index is 0.108. The van der Waals surface area contributed by atoms with E-state index in [1.54, 1.807) is 0 Å². The number of ether oxygens (including phenoxy) is 3. The lowest BCUT2D eigenvalue weighted by molar-refractivity contribution is -0.144. The van der Waals surface area contributed by atoms with Crippen molar-refractivity contribution >= 4 is 11.7 Å². The first-order chi connectivity index (χ1) is 11.2. The number of carbonyl (C=O) groups excluding carboxylic acids is 1. The molecule has 2 unspecified atom stereocenters. The molecule has 2 fully saturated rings. The van der Waals surface area contributed by atoms with Crippen molar-refractivity contribution in [3.8, 4) is 0 Å². The maximum atomic E-state index is 12.3. The predicted molar refractivity (Wildman–Crippen MR) is 86.2 cm³/mol. The average Bonchev–Trinajstić information content (AvgIpc) is 2.85. The lowest BCUT2D eigenvalue weighted by atomic mass is 9.82. The highest BCUT2D eigenvalue weighted by atomic mass is 16.5. The Morgan fingerprint density at radius 3 is 3.09 bits per heavy atom. The molecule has 0 bridgehead atoms. The zero-order valence-electron chi connectivity index (χ0n) is 14.0. The Balaban J connectivity index is 1.85. The van der Waals surface area contributed by atoms with Gasteiger partial charge in [-0.2, -0.15) is 0 Å². The average molecular weight is 322 g/mol. The van der Waals surface area contributed by atoms with Crippen LogP contribution in [-0.4, -0.2) is 62.7 Å². The molecule has 0 radical (unpaired) electrons. The van der Waals surface area contributed by atoms with Gasteiger partial charge in [0.15, 0.2) is 0 Å². The third-order valence-electron chi connectivity index (χ3n) is 4.92. The maximum absolute atomic E-state index is 12.3. The van der Waals surface area contributed by atoms with Gasteiger partial charge >= 0.3 is 5.97 Å². The van der Waals surface area contributed by atoms with E-state index in [4.69, 9.17) is 19.2 Å². The molecule has 2 saturated heterocycles. The van der Waals surface area contributed by atoms with Gasteiger partial charge in [-0.15, -0.1) is 0 Å². The van der Waals surface area contributed by atoms with Gasteiger partial charge in [-0.05, 0) is 18.9 Å². The summed E-state index contributed by atoms with van der Waals surface area (Å²) < 4.78 is 16.3. The summed E-state index contributed by atoms with van der Waals surface area (Å²) in [6, 6.07) is 0. The summed E-state index contributed by atoms with van der Waals surface area (Å²) >= 11 is 0. The molecule has 3 aliphatic rings. The van der Waals surface area contributed by atoms with E-state index in [0.717, 1.165) is 43.9 Å². The minimum atomic E-state index is -0.257. The summed E-state index contributed by atoms with van der Waals surface area (Å²) in [6.45, 7) is 5.83. The van der Waals surface area contributed by atoms with Gasteiger partial charge in [0.25, 0.3) is 0 Å². The van der Waals surface area contributed by atoms with Crippen LogP contribution in [0.25, 0.3) is 0 Å². The Morgan fingerprint density at radius 1 is 1.43 bits per heavy atom. The van der Waals surface area contributed by atoms with Gasteiger partial charge in [-0.1, -0.05) is 6.92 Å². The van der Waals surface area contributed by atoms with Crippen molar-refractivity contribution in [3.05, 3.63) is 11.9 Å². The van der Waals surface area contributed by atoms with Gasteiger partial charge in [0, 0.05) is 37.7 Å². The fourth-order valence-electron chi connectivity index (χ4n) is 3.55. The van der Waals surface area contributed by atoms with Crippen LogP contribution in [-0.2, 0) is 19.0 Å². The Bertz CT molecular complexity index is 503. The molecule has 0 spiro atoms. The second-order valence-electron chi connectivity index (χ2n) is 6.28. The molecular weight excluding hydrogens is 296 g/mol. The van der Waals surface area contributed by atoms with Gasteiger partial charge in [-0.25, -0.2) is 4.99 Å². The van der Waals surface area contributed by atoms with Gasteiger partial charge in [0.05, 0.1) is 32.3 Å². The van der Waals surface area contributed by atoms with E-state index in [9.17, 15) is 4.79 Å². The molecule has 0 N–H and O–H groups in total. The van der Waals surface area contributed by atoms with Crippen molar-refractivity contribution in [2.75, 3.05) is 40.0 Å². The fraction of sp³-hybridized carbons (Fsp3) is 0.765. The van der Waals surface area contributed by atoms with Crippen LogP contribution < -0.4 is 0 Å². The second-order valence-corrected chi connectivity index (χ2v) is 6.28. The molecular formula is C17H26N2O4. The number of morpholine rings is 1. The van der Waals surface area contributed by atoms with Gasteiger partial charge in [0.1, 0.15) is 5.82 Å². The number of esters is 1. The van der Waals surface area contributed by atoms with Gasteiger partial charge in [-0.3, -0.25) is 4.79 Å². The molecule has 0 saturated carbocycles. The molecule has 3 aliphatic heterocycles. The number of hydrogen-bond donors (Lipinski definition) is 0. The normalized spacial score (nSPS) is 31.6. The summed E-state index contributed by atoms with van der Waals surface area (Å²) in [5.41, 5.74) is 1.08. The van der Waals surface area contributed by atoms with Gasteiger partial charge < -0.3 is 19.1 Å². The van der Waals surface area contributed by atoms with Crippen LogP contribution >= 0.6 is 0 Å². The van der Waals surface area contributed by atoms with Gasteiger partial charge in [0.2, 0.25) is 0 Å². The second kappa shape index (κ2) is 7.45. The van der Waals surface area contributed by atoms with Crippen LogP contribution in [0.1, 0.15) is 26.2 Å². The zero-order valence-corrected chi connectivity index (χ0v) is 14.0. The van der Waals surface area contributed by atoms with Crippen molar-refractivity contribution in [1.82, 2.24) is 4.90 Å². The molecule has 23 heavy (non-hydrogen) atoms. The Kier molecular flexibility index (Phi) is 5.33. The molecule has 0 aromatic rings. The predicted octanol–water partition coefficient (Wildman–Crippen LogP) is 1.61. The first kappa shape index (κ1) is 16.5. The van der Waals surface area contributed by atoms with Crippen LogP contribution in [0, 0.1) is 11.8 Å². The highest BCUT2D eigenvalue weighted by molar-refractivity contribution is 5.93. The Morgan fingerprint density at radius 2 is 2.30 bits per heavy atom. The monoisotopic (exact) mass is 322 g/mol. The summed E-state index contributed by atoms with van der Waals surface area (Å²) in [5.74, 6) is 0.571. The smallest absolute Gasteiger partial charge is 0.313 e. The van der Waals surface area contributed by atoms with Crippen LogP contribution in [0.5, 0.6) is 0 Å². The number of methoxy groups -OCH3 is 1. The van der Waals surface area contributed by atoms with Crippen molar-refractivity contribution in [3.63, 3.8) is 0 Å². The van der Waals surface area contributed by atoms with E-state index in [2.05, 4.69) is 11.8 Å². The number of nitrogens with zero attached hydrogens (tertiary/aromatic N) is 2. The molecule has 6 nitrogen and oxygen atoms in total. The summed E-state index contributed by atoms with van der Waals surface area (Å²) in [6.07, 6.45) is 4.82. The number of hydrogen-bond acceptors (Lipinski definition) is 6. The van der Waals surface area contributed by atoms with E-state index in [0.29, 0.717) is 19.8 Å². The van der Waals surface area contributed by atoms with Crippen LogP contribution in [0.3, 0.4) is 0 Å². The molecule has 3 heterocycles. The molecule has 0 amide bonds. The molecule has 0 aromatic heterocycles. The van der Waals surface area contributed by atoms with E-state index >= 15 is 0 Å². The summed E-state index contributed by atoms with van der Waals surface area (Å²) in [7, 11) is 1.45. The SMILES string of the molecule is CC[C@H]1CN(C2=CC(C(=O)OC)C3CCOCCC3=N2)CCO1. The van der Waals surface area contributed by atoms with Crippen molar-refractivity contribution < 1.29 is 19.0 Å². The van der Waals surface area contributed by atoms with Crippen molar-refractivity contribution in [2.45, 2.75) is 32.3 Å². The molecule has 6 heteroatoms. The van der Waals surface area contributed by atoms with Crippen LogP contribution in [0.2, 0.25) is 0 Å². The van der Waals surface area contributed by atoms with Crippen LogP contribution in [0.15, 0.2) is 16.9 Å². The van der Waals surface area contributed by atoms with E-state index < -0.39 is 0 Å². The Labute approximate surface area is 137 Å². The number of fused-ring (bicyclic) bond motifs is 1. The lowest BCUT2D eigenvalue weighted by Gasteiger charge is -2.37. The van der Waals surface area contributed by atoms with E-state index in [1.165, 1.54) is 7.11 Å². The number of rotatable bonds is 3. The standard InChI is InChI=1S/C17H26N2O4/c1-3-12-11-19(6-9-23-12)16-10-14(17(20)21-2)13-4-7-22-8-5-15(13)18-16/h10,12-14H,3-9,11H2,1-2H3/t12-,13?,14?/m0/s1. The fourth-order valence-corrected chi connectivity index (χ4v) is 3.55. The zero-order chi connectivity index (χ0) is 16.2. The van der Waals surface area contributed by atoms with Crippen molar-refractivity contribution in [2.24, 2.45) is 16.8 Å². The lowest BCUT2D eigenvalue weighted by Crippen LogP contribution is -2.43. The quantitative estimate of drug-likeness (QED) is 0.739. The summed E-state index contributed by atoms with van der Waals surface area (Å²) in [4.78, 5) is 19.4. The highest BCUT2D eigenvalue weighted by Gasteiger charge is 2.37. The highest BCUT2D eigenvalue weighted by Crippen LogP contribution is 2.32. The minimum Gasteiger partial charge on any atom is -0.469 e. The topological polar surface area (TPSA) is 60.4 Å². The third-order valence-corrected chi connectivity index (χ3v) is 4.92. The molecule has 3 rings (SSSR count). The first-order valence-corrected chi connectivity index (χ1v) is 8.54. The molecule has 0 aromatic carbocycles. The van der Waals surface area contributed by atoms with E-state index in [-0.39, 0.29) is 23.9 Å².